The Bertz CT molecular complexity index is 1220. The van der Waals surface area contributed by atoms with E-state index in [0.29, 0.717) is 23.4 Å². The van der Waals surface area contributed by atoms with Crippen LogP contribution in [0.3, 0.4) is 0 Å². The molecule has 6 rings (SSSR count). The van der Waals surface area contributed by atoms with Crippen LogP contribution in [0.4, 0.5) is 5.82 Å². The molecule has 0 bridgehead atoms. The number of fused-ring (bicyclic) bond motifs is 1. The summed E-state index contributed by atoms with van der Waals surface area (Å²) < 4.78 is 7.54. The second-order valence-corrected chi connectivity index (χ2v) is 10.9. The van der Waals surface area contributed by atoms with Crippen molar-refractivity contribution in [3.63, 3.8) is 0 Å². The number of pyridine rings is 1. The van der Waals surface area contributed by atoms with Crippen LogP contribution in [-0.2, 0) is 17.7 Å². The zero-order chi connectivity index (χ0) is 25.2. The fourth-order valence-electron chi connectivity index (χ4n) is 6.30. The van der Waals surface area contributed by atoms with E-state index in [1.54, 1.807) is 7.11 Å². The lowest BCUT2D eigenvalue weighted by atomic mass is 9.95. The number of carbonyl (C=O) groups excluding carboxylic acids is 1. The SMILES string of the molecule is COCC1CCN(c2cccc(C3CCc4nc(C(=O)N5CCC(c6ccccc6)C5)cn4C3)n2)CC1. The number of piperidine rings is 1. The van der Waals surface area contributed by atoms with E-state index >= 15 is 0 Å². The predicted molar refractivity (Wildman–Crippen MR) is 144 cm³/mol. The second-order valence-electron chi connectivity index (χ2n) is 10.9. The molecule has 3 aliphatic heterocycles. The van der Waals surface area contributed by atoms with Crippen LogP contribution in [0.25, 0.3) is 0 Å². The number of hydrogen-bond acceptors (Lipinski definition) is 5. The Morgan fingerprint density at radius 2 is 1.76 bits per heavy atom. The largest absolute Gasteiger partial charge is 0.384 e. The van der Waals surface area contributed by atoms with Gasteiger partial charge >= 0.3 is 0 Å². The highest BCUT2D eigenvalue weighted by Gasteiger charge is 2.31. The van der Waals surface area contributed by atoms with Gasteiger partial charge in [-0.1, -0.05) is 36.4 Å². The van der Waals surface area contributed by atoms with E-state index in [9.17, 15) is 4.79 Å². The van der Waals surface area contributed by atoms with Crippen LogP contribution in [0.5, 0.6) is 0 Å². The molecule has 2 aromatic heterocycles. The Morgan fingerprint density at radius 1 is 0.919 bits per heavy atom. The van der Waals surface area contributed by atoms with Gasteiger partial charge in [0, 0.05) is 76.6 Å². The van der Waals surface area contributed by atoms with Gasteiger partial charge in [-0.15, -0.1) is 0 Å². The molecule has 7 heteroatoms. The number of likely N-dealkylation sites (tertiary alicyclic amines) is 1. The number of imidazole rings is 1. The first-order valence-corrected chi connectivity index (χ1v) is 13.8. The predicted octanol–water partition coefficient (Wildman–Crippen LogP) is 4.50. The number of aromatic nitrogens is 3. The van der Waals surface area contributed by atoms with E-state index in [1.165, 1.54) is 5.56 Å². The van der Waals surface area contributed by atoms with Crippen molar-refractivity contribution in [3.8, 4) is 0 Å². The van der Waals surface area contributed by atoms with Crippen LogP contribution >= 0.6 is 0 Å². The first-order chi connectivity index (χ1) is 18.2. The molecule has 0 saturated carbocycles. The fraction of sp³-hybridized carbons (Fsp3) is 0.500. The number of anilines is 1. The number of carbonyl (C=O) groups is 1. The number of hydrogen-bond donors (Lipinski definition) is 0. The van der Waals surface area contributed by atoms with Crippen molar-refractivity contribution in [1.82, 2.24) is 19.4 Å². The van der Waals surface area contributed by atoms with E-state index in [4.69, 9.17) is 14.7 Å². The van der Waals surface area contributed by atoms with Gasteiger partial charge in [-0.25, -0.2) is 9.97 Å². The Hall–Kier alpha value is -3.19. The van der Waals surface area contributed by atoms with E-state index in [0.717, 1.165) is 88.8 Å². The van der Waals surface area contributed by atoms with Crippen molar-refractivity contribution in [1.29, 1.82) is 0 Å². The number of nitrogens with zero attached hydrogens (tertiary/aromatic N) is 5. The summed E-state index contributed by atoms with van der Waals surface area (Å²) in [6.45, 7) is 5.32. The molecule has 2 fully saturated rings. The summed E-state index contributed by atoms with van der Waals surface area (Å²) in [5.41, 5.74) is 3.05. The third-order valence-corrected chi connectivity index (χ3v) is 8.47. The highest BCUT2D eigenvalue weighted by atomic mass is 16.5. The van der Waals surface area contributed by atoms with Gasteiger partial charge in [0.2, 0.25) is 0 Å². The van der Waals surface area contributed by atoms with Crippen LogP contribution in [0.2, 0.25) is 0 Å². The quantitative estimate of drug-likeness (QED) is 0.500. The first kappa shape index (κ1) is 24.2. The summed E-state index contributed by atoms with van der Waals surface area (Å²) in [6.07, 6.45) is 7.18. The van der Waals surface area contributed by atoms with Crippen molar-refractivity contribution in [2.45, 2.75) is 50.5 Å². The maximum Gasteiger partial charge on any atom is 0.274 e. The smallest absolute Gasteiger partial charge is 0.274 e. The molecule has 2 unspecified atom stereocenters. The van der Waals surface area contributed by atoms with E-state index in [2.05, 4.69) is 51.9 Å². The van der Waals surface area contributed by atoms with Gasteiger partial charge in [0.1, 0.15) is 17.3 Å². The maximum atomic E-state index is 13.3. The zero-order valence-corrected chi connectivity index (χ0v) is 21.8. The summed E-state index contributed by atoms with van der Waals surface area (Å²) in [4.78, 5) is 27.6. The molecular formula is C30H37N5O2. The lowest BCUT2D eigenvalue weighted by Crippen LogP contribution is -2.35. The van der Waals surface area contributed by atoms with Crippen molar-refractivity contribution in [2.75, 3.05) is 44.8 Å². The van der Waals surface area contributed by atoms with Crippen molar-refractivity contribution in [2.24, 2.45) is 5.92 Å². The van der Waals surface area contributed by atoms with Gasteiger partial charge in [0.25, 0.3) is 5.91 Å². The number of aryl methyl sites for hydroxylation is 1. The van der Waals surface area contributed by atoms with Crippen LogP contribution in [0, 0.1) is 5.92 Å². The van der Waals surface area contributed by atoms with Gasteiger partial charge in [-0.3, -0.25) is 4.79 Å². The second kappa shape index (κ2) is 10.7. The lowest BCUT2D eigenvalue weighted by Gasteiger charge is -2.33. The summed E-state index contributed by atoms with van der Waals surface area (Å²) in [6, 6.07) is 17.0. The van der Waals surface area contributed by atoms with E-state index in [1.807, 2.05) is 17.2 Å². The van der Waals surface area contributed by atoms with Crippen LogP contribution < -0.4 is 4.90 Å². The molecule has 0 radical (unpaired) electrons. The molecule has 3 aliphatic rings. The third-order valence-electron chi connectivity index (χ3n) is 8.47. The monoisotopic (exact) mass is 499 g/mol. The van der Waals surface area contributed by atoms with E-state index < -0.39 is 0 Å². The Kier molecular flexibility index (Phi) is 6.96. The molecule has 2 saturated heterocycles. The van der Waals surface area contributed by atoms with E-state index in [-0.39, 0.29) is 5.91 Å². The first-order valence-electron chi connectivity index (χ1n) is 13.8. The molecule has 3 aromatic rings. The van der Waals surface area contributed by atoms with Crippen LogP contribution in [0.1, 0.15) is 65.1 Å². The summed E-state index contributed by atoms with van der Waals surface area (Å²) >= 11 is 0. The fourth-order valence-corrected chi connectivity index (χ4v) is 6.30. The summed E-state index contributed by atoms with van der Waals surface area (Å²) in [7, 11) is 1.79. The molecule has 1 aromatic carbocycles. The average molecular weight is 500 g/mol. The molecule has 1 amide bonds. The Balaban J connectivity index is 1.10. The third kappa shape index (κ3) is 5.14. The normalized spacial score (nSPS) is 22.3. The minimum absolute atomic E-state index is 0.0638. The number of amides is 1. The molecule has 37 heavy (non-hydrogen) atoms. The van der Waals surface area contributed by atoms with Crippen LogP contribution in [0.15, 0.2) is 54.7 Å². The van der Waals surface area contributed by atoms with Crippen LogP contribution in [-0.4, -0.2) is 65.2 Å². The highest BCUT2D eigenvalue weighted by molar-refractivity contribution is 5.92. The van der Waals surface area contributed by atoms with Gasteiger partial charge in [-0.2, -0.15) is 0 Å². The Labute approximate surface area is 219 Å². The van der Waals surface area contributed by atoms with Crippen molar-refractivity contribution in [3.05, 3.63) is 77.5 Å². The van der Waals surface area contributed by atoms with Gasteiger partial charge < -0.3 is 19.1 Å². The Morgan fingerprint density at radius 3 is 2.57 bits per heavy atom. The highest BCUT2D eigenvalue weighted by Crippen LogP contribution is 2.31. The summed E-state index contributed by atoms with van der Waals surface area (Å²) in [5.74, 6) is 3.58. The molecule has 0 aliphatic carbocycles. The zero-order valence-electron chi connectivity index (χ0n) is 21.8. The molecule has 0 spiro atoms. The average Bonchev–Trinajstić information content (AvgIpc) is 3.61. The molecule has 194 valence electrons. The number of ether oxygens (including phenoxy) is 1. The minimum Gasteiger partial charge on any atom is -0.384 e. The molecular weight excluding hydrogens is 462 g/mol. The molecule has 2 atom stereocenters. The van der Waals surface area contributed by atoms with Crippen molar-refractivity contribution >= 4 is 11.7 Å². The molecule has 5 heterocycles. The lowest BCUT2D eigenvalue weighted by molar-refractivity contribution is 0.0785. The van der Waals surface area contributed by atoms with Gasteiger partial charge in [0.15, 0.2) is 0 Å². The van der Waals surface area contributed by atoms with Gasteiger partial charge in [0.05, 0.1) is 0 Å². The van der Waals surface area contributed by atoms with Gasteiger partial charge in [-0.05, 0) is 49.3 Å². The number of benzene rings is 1. The molecule has 7 nitrogen and oxygen atoms in total. The standard InChI is InChI=1S/C30H37N5O2/c1-37-21-22-12-15-33(16-13-22)28-9-5-8-26(31-28)25-10-11-29-32-27(20-35(29)19-25)30(36)34-17-14-24(18-34)23-6-3-2-4-7-23/h2-9,20,22,24-25H,10-19,21H2,1H3. The minimum atomic E-state index is 0.0638. The number of methoxy groups -OCH3 is 1. The van der Waals surface area contributed by atoms with Crippen molar-refractivity contribution < 1.29 is 9.53 Å². The summed E-state index contributed by atoms with van der Waals surface area (Å²) in [5, 5.41) is 0. The molecule has 0 N–H and O–H groups in total. The maximum absolute atomic E-state index is 13.3. The topological polar surface area (TPSA) is 63.5 Å². The number of rotatable bonds is 6.